The molecule has 1 aromatic heterocycles. The molecule has 23 heavy (non-hydrogen) atoms. The van der Waals surface area contributed by atoms with E-state index in [1.54, 1.807) is 41.5 Å². The molecule has 0 fully saturated rings. The fourth-order valence-electron chi connectivity index (χ4n) is 2.11. The molecule has 0 spiro atoms. The summed E-state index contributed by atoms with van der Waals surface area (Å²) < 4.78 is 6.37. The summed E-state index contributed by atoms with van der Waals surface area (Å²) in [5, 5.41) is 5.53. The number of thiophene rings is 1. The maximum atomic E-state index is 12.2. The van der Waals surface area contributed by atoms with Crippen LogP contribution in [0.25, 0.3) is 0 Å². The van der Waals surface area contributed by atoms with Crippen LogP contribution < -0.4 is 15.4 Å². The van der Waals surface area contributed by atoms with Crippen molar-refractivity contribution in [2.24, 2.45) is 0 Å². The summed E-state index contributed by atoms with van der Waals surface area (Å²) >= 11 is 5.00. The fraction of sp³-hybridized carbons (Fsp3) is 0.200. The topological polar surface area (TPSA) is 70.7 Å². The van der Waals surface area contributed by atoms with Crippen LogP contribution >= 0.6 is 27.3 Å². The van der Waals surface area contributed by atoms with Gasteiger partial charge in [0, 0.05) is 23.7 Å². The van der Waals surface area contributed by atoms with Gasteiger partial charge < -0.3 is 20.3 Å². The van der Waals surface area contributed by atoms with E-state index in [1.807, 2.05) is 12.1 Å². The second kappa shape index (κ2) is 6.59. The van der Waals surface area contributed by atoms with Crippen molar-refractivity contribution in [3.8, 4) is 5.75 Å². The van der Waals surface area contributed by atoms with Gasteiger partial charge in [-0.25, -0.2) is 4.79 Å². The number of nitrogens with one attached hydrogen (secondary N) is 2. The molecule has 1 aliphatic rings. The molecule has 2 aromatic rings. The van der Waals surface area contributed by atoms with Crippen molar-refractivity contribution < 1.29 is 14.3 Å². The number of ether oxygens (including phenoxy) is 1. The molecule has 3 amide bonds. The van der Waals surface area contributed by atoms with Gasteiger partial charge in [0.05, 0.1) is 16.0 Å². The smallest absolute Gasteiger partial charge is 0.321 e. The number of rotatable bonds is 3. The van der Waals surface area contributed by atoms with Gasteiger partial charge in [-0.05, 0) is 40.2 Å². The van der Waals surface area contributed by atoms with E-state index in [1.165, 1.54) is 0 Å². The molecule has 8 heteroatoms. The van der Waals surface area contributed by atoms with Crippen LogP contribution in [0.4, 0.5) is 16.2 Å². The van der Waals surface area contributed by atoms with Crippen molar-refractivity contribution in [3.63, 3.8) is 0 Å². The molecule has 0 saturated carbocycles. The van der Waals surface area contributed by atoms with E-state index in [0.717, 1.165) is 8.66 Å². The Bertz CT molecular complexity index is 762. The van der Waals surface area contributed by atoms with Crippen LogP contribution in [0.5, 0.6) is 5.75 Å². The highest BCUT2D eigenvalue weighted by Crippen LogP contribution is 2.30. The number of carbonyl (C=O) groups is 2. The number of halogens is 1. The van der Waals surface area contributed by atoms with E-state index >= 15 is 0 Å². The zero-order chi connectivity index (χ0) is 16.4. The molecule has 0 saturated heterocycles. The van der Waals surface area contributed by atoms with Gasteiger partial charge in [0.1, 0.15) is 5.75 Å². The molecule has 6 nitrogen and oxygen atoms in total. The summed E-state index contributed by atoms with van der Waals surface area (Å²) in [4.78, 5) is 26.2. The first-order chi connectivity index (χ1) is 11.0. The Morgan fingerprint density at radius 3 is 3.00 bits per heavy atom. The highest BCUT2D eigenvalue weighted by molar-refractivity contribution is 9.11. The Balaban J connectivity index is 1.64. The van der Waals surface area contributed by atoms with Gasteiger partial charge in [-0.15, -0.1) is 11.3 Å². The molecule has 3 rings (SSSR count). The van der Waals surface area contributed by atoms with Crippen molar-refractivity contribution in [1.82, 2.24) is 4.90 Å². The average molecular weight is 396 g/mol. The summed E-state index contributed by atoms with van der Waals surface area (Å²) in [6, 6.07) is 8.85. The Morgan fingerprint density at radius 1 is 1.43 bits per heavy atom. The quantitative estimate of drug-likeness (QED) is 0.834. The summed E-state index contributed by atoms with van der Waals surface area (Å²) in [6.45, 7) is 0.511. The lowest BCUT2D eigenvalue weighted by molar-refractivity contribution is -0.118. The molecular weight excluding hydrogens is 382 g/mol. The number of anilines is 2. The molecule has 2 heterocycles. The van der Waals surface area contributed by atoms with Gasteiger partial charge in [0.15, 0.2) is 6.61 Å². The van der Waals surface area contributed by atoms with Crippen LogP contribution in [-0.4, -0.2) is 30.5 Å². The Hall–Kier alpha value is -2.06. The lowest BCUT2D eigenvalue weighted by Crippen LogP contribution is -2.30. The highest BCUT2D eigenvalue weighted by Gasteiger charge is 2.17. The van der Waals surface area contributed by atoms with E-state index in [4.69, 9.17) is 4.74 Å². The monoisotopic (exact) mass is 395 g/mol. The molecule has 0 bridgehead atoms. The van der Waals surface area contributed by atoms with Crippen LogP contribution in [0.15, 0.2) is 34.1 Å². The largest absolute Gasteiger partial charge is 0.482 e. The van der Waals surface area contributed by atoms with Gasteiger partial charge in [-0.2, -0.15) is 0 Å². The van der Waals surface area contributed by atoms with E-state index in [-0.39, 0.29) is 18.5 Å². The van der Waals surface area contributed by atoms with Crippen LogP contribution in [0, 0.1) is 0 Å². The van der Waals surface area contributed by atoms with Gasteiger partial charge in [-0.1, -0.05) is 0 Å². The summed E-state index contributed by atoms with van der Waals surface area (Å²) in [7, 11) is 1.73. The van der Waals surface area contributed by atoms with Gasteiger partial charge in [0.2, 0.25) is 0 Å². The Morgan fingerprint density at radius 2 is 2.26 bits per heavy atom. The second-order valence-electron chi connectivity index (χ2n) is 5.04. The molecule has 0 aliphatic carbocycles. The molecule has 120 valence electrons. The predicted octanol–water partition coefficient (Wildman–Crippen LogP) is 3.51. The Labute approximate surface area is 145 Å². The number of hydrogen-bond donors (Lipinski definition) is 2. The van der Waals surface area contributed by atoms with Crippen LogP contribution in [0.2, 0.25) is 0 Å². The number of benzene rings is 1. The molecular formula is C15H14BrN3O3S. The van der Waals surface area contributed by atoms with Crippen molar-refractivity contribution >= 4 is 50.6 Å². The standard InChI is InChI=1S/C15H14BrN3O3S/c1-19(7-10-3-5-13(16)23-10)15(21)17-9-2-4-11-12(6-9)22-8-14(20)18-11/h2-6H,7-8H2,1H3,(H,17,21)(H,18,20). The van der Waals surface area contributed by atoms with Gasteiger partial charge in [0.25, 0.3) is 5.91 Å². The number of fused-ring (bicyclic) bond motifs is 1. The normalized spacial score (nSPS) is 12.9. The lowest BCUT2D eigenvalue weighted by atomic mass is 10.2. The first-order valence-electron chi connectivity index (χ1n) is 6.84. The first-order valence-corrected chi connectivity index (χ1v) is 8.45. The number of carbonyl (C=O) groups excluding carboxylic acids is 2. The summed E-state index contributed by atoms with van der Waals surface area (Å²) in [5.41, 5.74) is 1.22. The Kier molecular flexibility index (Phi) is 4.53. The van der Waals surface area contributed by atoms with Gasteiger partial charge in [-0.3, -0.25) is 4.79 Å². The number of amides is 3. The second-order valence-corrected chi connectivity index (χ2v) is 7.59. The third-order valence-electron chi connectivity index (χ3n) is 3.23. The summed E-state index contributed by atoms with van der Waals surface area (Å²) in [6.07, 6.45) is 0. The van der Waals surface area contributed by atoms with Crippen LogP contribution in [0.3, 0.4) is 0 Å². The minimum atomic E-state index is -0.214. The van der Waals surface area contributed by atoms with Crippen molar-refractivity contribution in [2.75, 3.05) is 24.3 Å². The SMILES string of the molecule is CN(Cc1ccc(Br)s1)C(=O)Nc1ccc2c(c1)OCC(=O)N2. The van der Waals surface area contributed by atoms with E-state index in [0.29, 0.717) is 23.7 Å². The molecule has 1 aliphatic heterocycles. The highest BCUT2D eigenvalue weighted by atomic mass is 79.9. The molecule has 2 N–H and O–H groups in total. The summed E-state index contributed by atoms with van der Waals surface area (Å²) in [5.74, 6) is 0.364. The number of hydrogen-bond acceptors (Lipinski definition) is 4. The van der Waals surface area contributed by atoms with Crippen LogP contribution in [-0.2, 0) is 11.3 Å². The number of nitrogens with zero attached hydrogens (tertiary/aromatic N) is 1. The van der Waals surface area contributed by atoms with Crippen molar-refractivity contribution in [3.05, 3.63) is 39.0 Å². The third-order valence-corrected chi connectivity index (χ3v) is 4.84. The predicted molar refractivity (Wildman–Crippen MR) is 93.1 cm³/mol. The van der Waals surface area contributed by atoms with Crippen molar-refractivity contribution in [2.45, 2.75) is 6.54 Å². The zero-order valence-electron chi connectivity index (χ0n) is 12.3. The van der Waals surface area contributed by atoms with E-state index in [9.17, 15) is 9.59 Å². The van der Waals surface area contributed by atoms with Crippen molar-refractivity contribution in [1.29, 1.82) is 0 Å². The minimum Gasteiger partial charge on any atom is -0.482 e. The zero-order valence-corrected chi connectivity index (χ0v) is 14.7. The van der Waals surface area contributed by atoms with Gasteiger partial charge >= 0.3 is 6.03 Å². The van der Waals surface area contributed by atoms with E-state index < -0.39 is 0 Å². The van der Waals surface area contributed by atoms with E-state index in [2.05, 4.69) is 26.6 Å². The first kappa shape index (κ1) is 15.8. The molecule has 0 unspecified atom stereocenters. The maximum Gasteiger partial charge on any atom is 0.321 e. The van der Waals surface area contributed by atoms with Crippen LogP contribution in [0.1, 0.15) is 4.88 Å². The molecule has 0 atom stereocenters. The maximum absolute atomic E-state index is 12.2. The molecule has 1 aromatic carbocycles. The molecule has 0 radical (unpaired) electrons. The third kappa shape index (κ3) is 3.83. The fourth-order valence-corrected chi connectivity index (χ4v) is 3.65. The lowest BCUT2D eigenvalue weighted by Gasteiger charge is -2.20. The minimum absolute atomic E-state index is 0.0163. The average Bonchev–Trinajstić information content (AvgIpc) is 2.92. The number of urea groups is 1.